The molecule has 0 aliphatic rings. The van der Waals surface area contributed by atoms with Crippen LogP contribution in [0, 0.1) is 0 Å². The molecule has 0 bridgehead atoms. The summed E-state index contributed by atoms with van der Waals surface area (Å²) in [5.41, 5.74) is 16.8. The van der Waals surface area contributed by atoms with Crippen LogP contribution < -0.4 is 42.6 Å². The Morgan fingerprint density at radius 3 is 1.20 bits per heavy atom. The van der Waals surface area contributed by atoms with Gasteiger partial charge in [0.25, 0.3) is 0 Å². The van der Waals surface area contributed by atoms with Crippen molar-refractivity contribution >= 4 is 22.8 Å². The van der Waals surface area contributed by atoms with Gasteiger partial charge in [-0.15, -0.1) is 0 Å². The summed E-state index contributed by atoms with van der Waals surface area (Å²) >= 11 is 0. The van der Waals surface area contributed by atoms with Gasteiger partial charge < -0.3 is 30.7 Å². The van der Waals surface area contributed by atoms with Crippen LogP contribution in [0.5, 0.6) is 11.5 Å². The molecule has 40 heavy (non-hydrogen) atoms. The summed E-state index contributed by atoms with van der Waals surface area (Å²) in [7, 11) is 8.03. The number of nitrogens with zero attached hydrogens (tertiary/aromatic N) is 4. The van der Waals surface area contributed by atoms with Gasteiger partial charge in [0, 0.05) is 25.5 Å². The van der Waals surface area contributed by atoms with E-state index >= 15 is 0 Å². The topological polar surface area (TPSA) is 136 Å². The molecule has 10 heteroatoms. The fraction of sp³-hybridized carbons (Fsp3) is 0.267. The van der Waals surface area contributed by atoms with Crippen LogP contribution in [-0.4, -0.2) is 64.3 Å². The van der Waals surface area contributed by atoms with E-state index in [1.807, 2.05) is 101 Å². The van der Waals surface area contributed by atoms with Crippen molar-refractivity contribution in [3.63, 3.8) is 0 Å². The van der Waals surface area contributed by atoms with Crippen molar-refractivity contribution in [2.75, 3.05) is 64.5 Å². The Hall–Kier alpha value is -4.22. The average Bonchev–Trinajstić information content (AvgIpc) is 2.93. The molecule has 3 aromatic rings. The van der Waals surface area contributed by atoms with Gasteiger partial charge in [0.2, 0.25) is 0 Å². The molecule has 0 aromatic heterocycles. The summed E-state index contributed by atoms with van der Waals surface area (Å²) in [6.07, 6.45) is 3.34. The van der Waals surface area contributed by atoms with E-state index < -0.39 is 0 Å². The predicted octanol–water partition coefficient (Wildman–Crippen LogP) is 2.84. The Morgan fingerprint density at radius 1 is 0.575 bits per heavy atom. The maximum absolute atomic E-state index is 6.32. The van der Waals surface area contributed by atoms with Crippen LogP contribution in [0.3, 0.4) is 0 Å². The van der Waals surface area contributed by atoms with Gasteiger partial charge in [0.1, 0.15) is 24.7 Å². The number of benzene rings is 3. The summed E-state index contributed by atoms with van der Waals surface area (Å²) < 4.78 is 11.5. The Kier molecular flexibility index (Phi) is 11.2. The first kappa shape index (κ1) is 30.3. The lowest BCUT2D eigenvalue weighted by Gasteiger charge is -2.17. The van der Waals surface area contributed by atoms with Gasteiger partial charge in [-0.1, -0.05) is 24.3 Å². The predicted molar refractivity (Wildman–Crippen MR) is 165 cm³/mol. The van der Waals surface area contributed by atoms with Gasteiger partial charge >= 0.3 is 0 Å². The lowest BCUT2D eigenvalue weighted by molar-refractivity contribution is 0.261. The third-order valence-electron chi connectivity index (χ3n) is 5.99. The van der Waals surface area contributed by atoms with Gasteiger partial charge in [-0.25, -0.2) is 11.7 Å². The Bertz CT molecular complexity index is 1140. The number of rotatable bonds is 14. The summed E-state index contributed by atoms with van der Waals surface area (Å²) in [4.78, 5) is 4.13. The summed E-state index contributed by atoms with van der Waals surface area (Å²) in [5.74, 6) is 14.0. The van der Waals surface area contributed by atoms with Crippen molar-refractivity contribution in [2.45, 2.75) is 0 Å². The summed E-state index contributed by atoms with van der Waals surface area (Å²) in [6.45, 7) is 2.92. The third kappa shape index (κ3) is 9.51. The molecule has 0 radical (unpaired) electrons. The standard InChI is InChI=1S/C30H42N8O2/c1-35(2)17-19-39-27-13-9-25(10-14-27)37(33)21-29(31)23-5-7-24(8-6-23)30(32)22-38(34)26-11-15-28(16-12-26)40-20-18-36(3)4/h5-16,21-22H,17-20,31-34H2,1-4H3/b29-21-,30-22-. The quantitative estimate of drug-likeness (QED) is 0.177. The molecular formula is C30H42N8O2. The van der Waals surface area contributed by atoms with Crippen molar-refractivity contribution in [2.24, 2.45) is 23.2 Å². The monoisotopic (exact) mass is 546 g/mol. The second kappa shape index (κ2) is 14.8. The molecule has 0 aliphatic heterocycles. The minimum absolute atomic E-state index is 0.510. The number of ether oxygens (including phenoxy) is 2. The van der Waals surface area contributed by atoms with E-state index in [2.05, 4.69) is 9.80 Å². The maximum atomic E-state index is 6.32. The van der Waals surface area contributed by atoms with Gasteiger partial charge in [0.05, 0.1) is 22.8 Å². The van der Waals surface area contributed by atoms with Crippen molar-refractivity contribution in [1.82, 2.24) is 9.80 Å². The highest BCUT2D eigenvalue weighted by Gasteiger charge is 2.06. The largest absolute Gasteiger partial charge is 0.492 e. The van der Waals surface area contributed by atoms with E-state index in [-0.39, 0.29) is 0 Å². The highest BCUT2D eigenvalue weighted by atomic mass is 16.5. The molecule has 0 spiro atoms. The molecule has 0 fully saturated rings. The molecule has 0 aliphatic carbocycles. The third-order valence-corrected chi connectivity index (χ3v) is 5.99. The van der Waals surface area contributed by atoms with E-state index in [0.717, 1.165) is 47.1 Å². The molecule has 0 atom stereocenters. The zero-order valence-corrected chi connectivity index (χ0v) is 23.8. The fourth-order valence-electron chi connectivity index (χ4n) is 3.57. The van der Waals surface area contributed by atoms with Crippen molar-refractivity contribution in [3.05, 3.63) is 96.3 Å². The molecule has 0 saturated carbocycles. The van der Waals surface area contributed by atoms with Crippen LogP contribution in [0.1, 0.15) is 11.1 Å². The first-order valence-corrected chi connectivity index (χ1v) is 13.0. The number of nitrogens with two attached hydrogens (primary N) is 4. The van der Waals surface area contributed by atoms with E-state index in [1.165, 1.54) is 10.0 Å². The van der Waals surface area contributed by atoms with Crippen molar-refractivity contribution in [3.8, 4) is 11.5 Å². The molecule has 0 unspecified atom stereocenters. The molecule has 8 N–H and O–H groups in total. The molecule has 214 valence electrons. The van der Waals surface area contributed by atoms with Crippen molar-refractivity contribution < 1.29 is 9.47 Å². The van der Waals surface area contributed by atoms with E-state index in [9.17, 15) is 0 Å². The SMILES string of the molecule is CN(C)CCOc1ccc(N(N)/C=C(\N)c2ccc(/C(N)=C/N(N)c3ccc(OCCN(C)C)cc3)cc2)cc1. The summed E-state index contributed by atoms with van der Waals surface area (Å²) in [5, 5.41) is 2.96. The Labute approximate surface area is 237 Å². The average molecular weight is 547 g/mol. The summed E-state index contributed by atoms with van der Waals surface area (Å²) in [6, 6.07) is 22.6. The zero-order valence-electron chi connectivity index (χ0n) is 23.8. The van der Waals surface area contributed by atoms with E-state index in [0.29, 0.717) is 24.6 Å². The molecule has 3 aromatic carbocycles. The second-order valence-corrected chi connectivity index (χ2v) is 9.85. The molecule has 3 rings (SSSR count). The number of anilines is 2. The van der Waals surface area contributed by atoms with Gasteiger partial charge in [-0.05, 0) is 87.8 Å². The lowest BCUT2D eigenvalue weighted by atomic mass is 10.1. The Morgan fingerprint density at radius 2 is 0.900 bits per heavy atom. The van der Waals surface area contributed by atoms with Crippen LogP contribution in [0.4, 0.5) is 11.4 Å². The molecule has 0 heterocycles. The number of hydrogen-bond donors (Lipinski definition) is 4. The number of likely N-dealkylation sites (N-methyl/N-ethyl adjacent to an activating group) is 2. The first-order valence-electron chi connectivity index (χ1n) is 13.0. The Balaban J connectivity index is 1.58. The molecule has 0 saturated heterocycles. The van der Waals surface area contributed by atoms with Gasteiger partial charge in [-0.2, -0.15) is 0 Å². The highest BCUT2D eigenvalue weighted by Crippen LogP contribution is 2.22. The van der Waals surface area contributed by atoms with Gasteiger partial charge in [-0.3, -0.25) is 10.0 Å². The smallest absolute Gasteiger partial charge is 0.119 e. The van der Waals surface area contributed by atoms with Gasteiger partial charge in [0.15, 0.2) is 0 Å². The zero-order chi connectivity index (χ0) is 29.1. The van der Waals surface area contributed by atoms with Crippen LogP contribution in [-0.2, 0) is 0 Å². The van der Waals surface area contributed by atoms with Crippen molar-refractivity contribution in [1.29, 1.82) is 0 Å². The van der Waals surface area contributed by atoms with Crippen LogP contribution in [0.2, 0.25) is 0 Å². The van der Waals surface area contributed by atoms with E-state index in [1.54, 1.807) is 12.4 Å². The fourth-order valence-corrected chi connectivity index (χ4v) is 3.57. The highest BCUT2D eigenvalue weighted by molar-refractivity contribution is 5.71. The van der Waals surface area contributed by atoms with Crippen LogP contribution in [0.15, 0.2) is 85.2 Å². The lowest BCUT2D eigenvalue weighted by Crippen LogP contribution is -2.26. The first-order chi connectivity index (χ1) is 19.1. The number of hydrazine groups is 2. The second-order valence-electron chi connectivity index (χ2n) is 9.85. The minimum atomic E-state index is 0.510. The molecule has 10 nitrogen and oxygen atoms in total. The normalized spacial score (nSPS) is 12.1. The molecule has 0 amide bonds. The van der Waals surface area contributed by atoms with Crippen LogP contribution in [0.25, 0.3) is 11.4 Å². The van der Waals surface area contributed by atoms with E-state index in [4.69, 9.17) is 32.6 Å². The molecular weight excluding hydrogens is 504 g/mol. The van der Waals surface area contributed by atoms with Crippen LogP contribution >= 0.6 is 0 Å². The minimum Gasteiger partial charge on any atom is -0.492 e. The maximum Gasteiger partial charge on any atom is 0.119 e. The number of hydrogen-bond acceptors (Lipinski definition) is 10.